The molecule has 2 N–H and O–H groups in total. The van der Waals surface area contributed by atoms with Crippen LogP contribution in [0.3, 0.4) is 0 Å². The second kappa shape index (κ2) is 6.28. The van der Waals surface area contributed by atoms with Gasteiger partial charge in [0.2, 0.25) is 5.91 Å². The first-order valence-corrected chi connectivity index (χ1v) is 5.24. The molecule has 0 radical (unpaired) electrons. The second-order valence-electron chi connectivity index (χ2n) is 3.64. The molecule has 0 spiro atoms. The maximum absolute atomic E-state index is 11.5. The summed E-state index contributed by atoms with van der Waals surface area (Å²) in [6.45, 7) is 3.09. The zero-order chi connectivity index (χ0) is 14.4. The lowest BCUT2D eigenvalue weighted by molar-refractivity contribution is -0.385. The lowest BCUT2D eigenvalue weighted by atomic mass is 10.2. The number of carboxylic acids is 1. The summed E-state index contributed by atoms with van der Waals surface area (Å²) in [4.78, 5) is 32.1. The lowest BCUT2D eigenvalue weighted by Crippen LogP contribution is -2.42. The quantitative estimate of drug-likeness (QED) is 0.405. The van der Waals surface area contributed by atoms with Gasteiger partial charge in [-0.1, -0.05) is 6.08 Å². The maximum Gasteiger partial charge on any atom is 0.326 e. The first kappa shape index (κ1) is 14.4. The Morgan fingerprint density at radius 2 is 2.37 bits per heavy atom. The van der Waals surface area contributed by atoms with Gasteiger partial charge in [-0.3, -0.25) is 19.6 Å². The molecule has 0 aromatic carbocycles. The molecule has 0 aliphatic heterocycles. The summed E-state index contributed by atoms with van der Waals surface area (Å²) >= 11 is 0. The van der Waals surface area contributed by atoms with Crippen LogP contribution in [0.15, 0.2) is 25.0 Å². The molecule has 9 heteroatoms. The molecule has 1 unspecified atom stereocenters. The van der Waals surface area contributed by atoms with E-state index in [1.807, 2.05) is 0 Å². The van der Waals surface area contributed by atoms with E-state index in [-0.39, 0.29) is 18.7 Å². The van der Waals surface area contributed by atoms with Crippen molar-refractivity contribution in [3.05, 3.63) is 35.2 Å². The van der Waals surface area contributed by atoms with E-state index in [0.717, 1.165) is 17.1 Å². The van der Waals surface area contributed by atoms with Crippen LogP contribution in [-0.4, -0.2) is 37.7 Å². The number of aromatic nitrogens is 2. The monoisotopic (exact) mass is 268 g/mol. The second-order valence-corrected chi connectivity index (χ2v) is 3.64. The molecular weight excluding hydrogens is 256 g/mol. The number of carboxylic acid groups (broad SMARTS) is 1. The number of nitrogens with one attached hydrogen (secondary N) is 1. The molecule has 0 bridgehead atoms. The minimum Gasteiger partial charge on any atom is -0.480 e. The van der Waals surface area contributed by atoms with Crippen LogP contribution in [0.4, 0.5) is 5.69 Å². The van der Waals surface area contributed by atoms with Crippen LogP contribution < -0.4 is 5.32 Å². The molecule has 0 fully saturated rings. The van der Waals surface area contributed by atoms with Gasteiger partial charge < -0.3 is 10.4 Å². The van der Waals surface area contributed by atoms with E-state index < -0.39 is 22.8 Å². The first-order chi connectivity index (χ1) is 8.93. The van der Waals surface area contributed by atoms with E-state index in [0.29, 0.717) is 0 Å². The number of hydrogen-bond acceptors (Lipinski definition) is 5. The van der Waals surface area contributed by atoms with Crippen molar-refractivity contribution in [1.29, 1.82) is 0 Å². The number of aliphatic carboxylic acids is 1. The Labute approximate surface area is 107 Å². The molecule has 0 aliphatic carbocycles. The van der Waals surface area contributed by atoms with Crippen molar-refractivity contribution in [3.63, 3.8) is 0 Å². The Bertz CT molecular complexity index is 510. The molecule has 0 aliphatic rings. The predicted molar refractivity (Wildman–Crippen MR) is 63.3 cm³/mol. The number of carbonyl (C=O) groups is 2. The average Bonchev–Trinajstić information content (AvgIpc) is 2.76. The number of rotatable bonds is 7. The van der Waals surface area contributed by atoms with Crippen LogP contribution in [0.1, 0.15) is 6.42 Å². The van der Waals surface area contributed by atoms with Gasteiger partial charge in [0.25, 0.3) is 0 Å². The van der Waals surface area contributed by atoms with Gasteiger partial charge in [0.05, 0.1) is 4.92 Å². The SMILES string of the molecule is C=CCC(NC(=O)Cn1cc([N+](=O)[O-])cn1)C(=O)O. The van der Waals surface area contributed by atoms with Gasteiger partial charge >= 0.3 is 11.7 Å². The Morgan fingerprint density at radius 1 is 1.68 bits per heavy atom. The van der Waals surface area contributed by atoms with E-state index >= 15 is 0 Å². The first-order valence-electron chi connectivity index (χ1n) is 5.24. The highest BCUT2D eigenvalue weighted by molar-refractivity contribution is 5.83. The summed E-state index contributed by atoms with van der Waals surface area (Å²) in [6.07, 6.45) is 3.55. The van der Waals surface area contributed by atoms with Gasteiger partial charge in [0.1, 0.15) is 25.0 Å². The summed E-state index contributed by atoms with van der Waals surface area (Å²) < 4.78 is 1.06. The van der Waals surface area contributed by atoms with E-state index in [1.165, 1.54) is 6.08 Å². The van der Waals surface area contributed by atoms with Crippen molar-refractivity contribution < 1.29 is 19.6 Å². The van der Waals surface area contributed by atoms with Crippen LogP contribution in [0.2, 0.25) is 0 Å². The molecule has 1 heterocycles. The number of nitro groups is 1. The summed E-state index contributed by atoms with van der Waals surface area (Å²) in [5, 5.41) is 25.1. The third-order valence-electron chi connectivity index (χ3n) is 2.17. The zero-order valence-electron chi connectivity index (χ0n) is 9.85. The molecule has 0 saturated heterocycles. The standard InChI is InChI=1S/C10H12N4O5/c1-2-3-8(10(16)17)12-9(15)6-13-5-7(4-11-13)14(18)19/h2,4-5,8H,1,3,6H2,(H,12,15)(H,16,17). The zero-order valence-corrected chi connectivity index (χ0v) is 9.85. The minimum atomic E-state index is -1.18. The highest BCUT2D eigenvalue weighted by atomic mass is 16.6. The van der Waals surface area contributed by atoms with Crippen molar-refractivity contribution in [2.75, 3.05) is 0 Å². The fraction of sp³-hybridized carbons (Fsp3) is 0.300. The van der Waals surface area contributed by atoms with Gasteiger partial charge in [-0.25, -0.2) is 4.79 Å². The van der Waals surface area contributed by atoms with Crippen molar-refractivity contribution in [3.8, 4) is 0 Å². The third kappa shape index (κ3) is 4.22. The number of carbonyl (C=O) groups excluding carboxylic acids is 1. The minimum absolute atomic E-state index is 0.0837. The molecule has 1 amide bonds. The Balaban J connectivity index is 2.60. The van der Waals surface area contributed by atoms with E-state index in [1.54, 1.807) is 0 Å². The predicted octanol–water partition coefficient (Wildman–Crippen LogP) is -0.0632. The molecule has 1 aromatic rings. The Kier molecular flexibility index (Phi) is 4.75. The van der Waals surface area contributed by atoms with E-state index in [2.05, 4.69) is 17.0 Å². The summed E-state index contributed by atoms with van der Waals surface area (Å²) in [5.74, 6) is -1.79. The summed E-state index contributed by atoms with van der Waals surface area (Å²) in [5.41, 5.74) is -0.242. The number of nitrogens with zero attached hydrogens (tertiary/aromatic N) is 3. The number of amides is 1. The topological polar surface area (TPSA) is 127 Å². The van der Waals surface area contributed by atoms with Gasteiger partial charge in [0.15, 0.2) is 0 Å². The van der Waals surface area contributed by atoms with Crippen molar-refractivity contribution >= 4 is 17.6 Å². The van der Waals surface area contributed by atoms with Crippen LogP contribution in [0.25, 0.3) is 0 Å². The molecule has 102 valence electrons. The highest BCUT2D eigenvalue weighted by Crippen LogP contribution is 2.07. The fourth-order valence-corrected chi connectivity index (χ4v) is 1.31. The normalized spacial score (nSPS) is 11.6. The highest BCUT2D eigenvalue weighted by Gasteiger charge is 2.19. The van der Waals surface area contributed by atoms with Crippen LogP contribution in [0, 0.1) is 10.1 Å². The van der Waals surface area contributed by atoms with Crippen LogP contribution in [-0.2, 0) is 16.1 Å². The maximum atomic E-state index is 11.5. The van der Waals surface area contributed by atoms with Crippen molar-refractivity contribution in [2.24, 2.45) is 0 Å². The lowest BCUT2D eigenvalue weighted by Gasteiger charge is -2.12. The van der Waals surface area contributed by atoms with Gasteiger partial charge in [0, 0.05) is 0 Å². The van der Waals surface area contributed by atoms with Gasteiger partial charge in [-0.05, 0) is 6.42 Å². The van der Waals surface area contributed by atoms with Crippen LogP contribution in [0.5, 0.6) is 0 Å². The molecular formula is C10H12N4O5. The molecule has 9 nitrogen and oxygen atoms in total. The molecule has 19 heavy (non-hydrogen) atoms. The average molecular weight is 268 g/mol. The fourth-order valence-electron chi connectivity index (χ4n) is 1.31. The Morgan fingerprint density at radius 3 is 2.84 bits per heavy atom. The molecule has 1 aromatic heterocycles. The van der Waals surface area contributed by atoms with E-state index in [4.69, 9.17) is 5.11 Å². The van der Waals surface area contributed by atoms with Gasteiger partial charge in [-0.15, -0.1) is 6.58 Å². The molecule has 1 atom stereocenters. The summed E-state index contributed by atoms with van der Waals surface area (Å²) in [7, 11) is 0. The molecule has 0 saturated carbocycles. The van der Waals surface area contributed by atoms with E-state index in [9.17, 15) is 19.7 Å². The Hall–Kier alpha value is -2.71. The van der Waals surface area contributed by atoms with Crippen molar-refractivity contribution in [1.82, 2.24) is 15.1 Å². The van der Waals surface area contributed by atoms with Crippen LogP contribution >= 0.6 is 0 Å². The third-order valence-corrected chi connectivity index (χ3v) is 2.17. The number of hydrogen-bond donors (Lipinski definition) is 2. The van der Waals surface area contributed by atoms with Gasteiger partial charge in [-0.2, -0.15) is 5.10 Å². The molecule has 1 rings (SSSR count). The smallest absolute Gasteiger partial charge is 0.326 e. The largest absolute Gasteiger partial charge is 0.480 e. The van der Waals surface area contributed by atoms with Crippen molar-refractivity contribution in [2.45, 2.75) is 19.0 Å². The summed E-state index contributed by atoms with van der Waals surface area (Å²) in [6, 6.07) is -1.07.